The molecule has 0 fully saturated rings. The van der Waals surface area contributed by atoms with Crippen LogP contribution in [0, 0.1) is 20.8 Å². The summed E-state index contributed by atoms with van der Waals surface area (Å²) in [5.41, 5.74) is 11.9. The number of amides is 2. The minimum atomic E-state index is -0.691. The molecule has 5 nitrogen and oxygen atoms in total. The summed E-state index contributed by atoms with van der Waals surface area (Å²) in [7, 11) is 0. The summed E-state index contributed by atoms with van der Waals surface area (Å²) in [6.45, 7) is 8.37. The fourth-order valence-corrected chi connectivity index (χ4v) is 3.53. The molecule has 2 aromatic carbocycles. The van der Waals surface area contributed by atoms with Crippen LogP contribution in [0.15, 0.2) is 42.5 Å². The quantitative estimate of drug-likeness (QED) is 0.571. The molecule has 0 aliphatic rings. The molecular weight excluding hydrogens is 362 g/mol. The van der Waals surface area contributed by atoms with Gasteiger partial charge in [-0.3, -0.25) is 9.59 Å². The molecule has 0 aliphatic heterocycles. The fraction of sp³-hybridized carbons (Fsp3) is 0.417. The van der Waals surface area contributed by atoms with Crippen LogP contribution in [0.2, 0.25) is 0 Å². The highest BCUT2D eigenvalue weighted by atomic mass is 16.2. The first-order valence-electron chi connectivity index (χ1n) is 10.2. The summed E-state index contributed by atoms with van der Waals surface area (Å²) >= 11 is 0. The van der Waals surface area contributed by atoms with Crippen molar-refractivity contribution in [2.45, 2.75) is 59.0 Å². The van der Waals surface area contributed by atoms with Crippen LogP contribution in [0.4, 0.5) is 0 Å². The lowest BCUT2D eigenvalue weighted by Crippen LogP contribution is -2.51. The number of nitrogens with two attached hydrogens (primary N) is 1. The van der Waals surface area contributed by atoms with Gasteiger partial charge in [0, 0.05) is 6.54 Å². The third-order valence-electron chi connectivity index (χ3n) is 5.14. The lowest BCUT2D eigenvalue weighted by molar-refractivity contribution is -0.129. The van der Waals surface area contributed by atoms with E-state index in [2.05, 4.69) is 41.8 Å². The predicted octanol–water partition coefficient (Wildman–Crippen LogP) is 2.74. The van der Waals surface area contributed by atoms with Crippen molar-refractivity contribution in [1.29, 1.82) is 0 Å². The highest BCUT2D eigenvalue weighted by molar-refractivity contribution is 5.89. The summed E-state index contributed by atoms with van der Waals surface area (Å²) in [6.07, 6.45) is 2.21. The first kappa shape index (κ1) is 22.6. The Labute approximate surface area is 174 Å². The summed E-state index contributed by atoms with van der Waals surface area (Å²) < 4.78 is 0. The van der Waals surface area contributed by atoms with E-state index in [0.717, 1.165) is 29.5 Å². The lowest BCUT2D eigenvalue weighted by Gasteiger charge is -2.19. The Kier molecular flexibility index (Phi) is 8.40. The van der Waals surface area contributed by atoms with Gasteiger partial charge < -0.3 is 16.4 Å². The highest BCUT2D eigenvalue weighted by Crippen LogP contribution is 2.17. The molecule has 4 N–H and O–H groups in total. The Hall–Kier alpha value is -2.66. The van der Waals surface area contributed by atoms with E-state index in [0.29, 0.717) is 13.0 Å². The maximum atomic E-state index is 12.5. The van der Waals surface area contributed by atoms with E-state index in [-0.39, 0.29) is 11.8 Å². The van der Waals surface area contributed by atoms with Gasteiger partial charge in [-0.15, -0.1) is 0 Å². The van der Waals surface area contributed by atoms with Gasteiger partial charge in [0.1, 0.15) is 6.04 Å². The first-order valence-corrected chi connectivity index (χ1v) is 10.2. The van der Waals surface area contributed by atoms with E-state index in [1.165, 1.54) is 11.1 Å². The maximum absolute atomic E-state index is 12.5. The van der Waals surface area contributed by atoms with Crippen molar-refractivity contribution in [2.75, 3.05) is 6.54 Å². The van der Waals surface area contributed by atoms with Gasteiger partial charge in [-0.25, -0.2) is 0 Å². The number of nitrogens with one attached hydrogen (secondary N) is 2. The maximum Gasteiger partial charge on any atom is 0.242 e. The summed E-state index contributed by atoms with van der Waals surface area (Å²) in [6, 6.07) is 13.0. The minimum absolute atomic E-state index is 0.193. The van der Waals surface area contributed by atoms with Crippen LogP contribution in [-0.2, 0) is 22.4 Å². The van der Waals surface area contributed by atoms with Crippen LogP contribution in [0.3, 0.4) is 0 Å². The number of carbonyl (C=O) groups excluding carboxylic acids is 2. The highest BCUT2D eigenvalue weighted by Gasteiger charge is 2.21. The van der Waals surface area contributed by atoms with Crippen molar-refractivity contribution < 1.29 is 9.59 Å². The molecule has 156 valence electrons. The van der Waals surface area contributed by atoms with E-state index in [1.807, 2.05) is 32.0 Å². The molecule has 0 saturated heterocycles. The monoisotopic (exact) mass is 395 g/mol. The zero-order valence-electron chi connectivity index (χ0n) is 17.9. The van der Waals surface area contributed by atoms with Crippen LogP contribution in [0.5, 0.6) is 0 Å². The number of hydrogen-bond acceptors (Lipinski definition) is 3. The predicted molar refractivity (Wildman–Crippen MR) is 118 cm³/mol. The number of aryl methyl sites for hydroxylation is 4. The number of benzene rings is 2. The molecule has 5 heteroatoms. The van der Waals surface area contributed by atoms with E-state index < -0.39 is 12.1 Å². The van der Waals surface area contributed by atoms with Gasteiger partial charge >= 0.3 is 0 Å². The van der Waals surface area contributed by atoms with Crippen molar-refractivity contribution in [3.63, 3.8) is 0 Å². The average molecular weight is 396 g/mol. The van der Waals surface area contributed by atoms with Gasteiger partial charge in [0.15, 0.2) is 0 Å². The number of hydrogen-bond donors (Lipinski definition) is 3. The lowest BCUT2D eigenvalue weighted by atomic mass is 9.94. The van der Waals surface area contributed by atoms with Crippen molar-refractivity contribution in [3.05, 3.63) is 70.3 Å². The molecule has 29 heavy (non-hydrogen) atoms. The molecular formula is C24H33N3O2. The largest absolute Gasteiger partial charge is 0.354 e. The third kappa shape index (κ3) is 7.02. The molecule has 0 bridgehead atoms. The Balaban J connectivity index is 1.77. The molecule has 0 aromatic heterocycles. The molecule has 0 spiro atoms. The van der Waals surface area contributed by atoms with Gasteiger partial charge in [-0.1, -0.05) is 48.0 Å². The summed E-state index contributed by atoms with van der Waals surface area (Å²) in [4.78, 5) is 24.7. The van der Waals surface area contributed by atoms with E-state index in [1.54, 1.807) is 6.92 Å². The van der Waals surface area contributed by atoms with Crippen molar-refractivity contribution in [3.8, 4) is 0 Å². The van der Waals surface area contributed by atoms with Crippen LogP contribution in [0.25, 0.3) is 0 Å². The standard InChI is InChI=1S/C24H33N3O2/c1-16-13-17(2)21(18(3)14-16)15-22(25)24(29)27-19(4)23(28)26-12-8-11-20-9-6-5-7-10-20/h5-7,9-10,13-14,19,22H,8,11-12,15,25H2,1-4H3,(H,26,28)(H,27,29)/t19-,22+/m1/s1. The Morgan fingerprint density at radius 1 is 1.00 bits per heavy atom. The minimum Gasteiger partial charge on any atom is -0.354 e. The van der Waals surface area contributed by atoms with E-state index >= 15 is 0 Å². The first-order chi connectivity index (χ1) is 13.8. The zero-order chi connectivity index (χ0) is 21.4. The third-order valence-corrected chi connectivity index (χ3v) is 5.14. The molecule has 0 unspecified atom stereocenters. The van der Waals surface area contributed by atoms with Crippen molar-refractivity contribution >= 4 is 11.8 Å². The van der Waals surface area contributed by atoms with Gasteiger partial charge in [-0.05, 0) is 69.2 Å². The second-order valence-electron chi connectivity index (χ2n) is 7.80. The van der Waals surface area contributed by atoms with E-state index in [9.17, 15) is 9.59 Å². The van der Waals surface area contributed by atoms with Gasteiger partial charge in [0.25, 0.3) is 0 Å². The molecule has 0 radical (unpaired) electrons. The molecule has 0 heterocycles. The molecule has 0 aliphatic carbocycles. The SMILES string of the molecule is Cc1cc(C)c(C[C@H](N)C(=O)N[C@H](C)C(=O)NCCCc2ccccc2)c(C)c1. The fourth-order valence-electron chi connectivity index (χ4n) is 3.53. The topological polar surface area (TPSA) is 84.2 Å². The molecule has 2 aromatic rings. The van der Waals surface area contributed by atoms with Crippen LogP contribution in [0.1, 0.15) is 41.2 Å². The molecule has 0 saturated carbocycles. The van der Waals surface area contributed by atoms with Gasteiger partial charge in [0.2, 0.25) is 11.8 Å². The zero-order valence-corrected chi connectivity index (χ0v) is 17.9. The Bertz CT molecular complexity index is 810. The van der Waals surface area contributed by atoms with Crippen molar-refractivity contribution in [1.82, 2.24) is 10.6 Å². The number of rotatable bonds is 9. The smallest absolute Gasteiger partial charge is 0.242 e. The van der Waals surface area contributed by atoms with Crippen LogP contribution < -0.4 is 16.4 Å². The molecule has 2 atom stereocenters. The summed E-state index contributed by atoms with van der Waals surface area (Å²) in [5.74, 6) is -0.502. The Morgan fingerprint density at radius 3 is 2.24 bits per heavy atom. The van der Waals surface area contributed by atoms with Crippen LogP contribution >= 0.6 is 0 Å². The second-order valence-corrected chi connectivity index (χ2v) is 7.80. The molecule has 2 amide bonds. The normalized spacial score (nSPS) is 12.9. The second kappa shape index (κ2) is 10.8. The average Bonchev–Trinajstić information content (AvgIpc) is 2.68. The number of carbonyl (C=O) groups is 2. The van der Waals surface area contributed by atoms with E-state index in [4.69, 9.17) is 5.73 Å². The Morgan fingerprint density at radius 2 is 1.62 bits per heavy atom. The van der Waals surface area contributed by atoms with Gasteiger partial charge in [0.05, 0.1) is 6.04 Å². The van der Waals surface area contributed by atoms with Gasteiger partial charge in [-0.2, -0.15) is 0 Å². The van der Waals surface area contributed by atoms with Crippen molar-refractivity contribution in [2.24, 2.45) is 5.73 Å². The van der Waals surface area contributed by atoms with Crippen LogP contribution in [-0.4, -0.2) is 30.4 Å². The molecule has 2 rings (SSSR count). The summed E-state index contributed by atoms with van der Waals surface area (Å²) in [5, 5.41) is 5.61.